The van der Waals surface area contributed by atoms with E-state index in [9.17, 15) is 4.79 Å². The molecule has 2 atom stereocenters. The van der Waals surface area contributed by atoms with Crippen LogP contribution < -0.4 is 11.1 Å². The molecule has 1 aromatic rings. The zero-order valence-electron chi connectivity index (χ0n) is 11.7. The summed E-state index contributed by atoms with van der Waals surface area (Å²) < 4.78 is 1.66. The van der Waals surface area contributed by atoms with Crippen molar-refractivity contribution in [3.63, 3.8) is 0 Å². The SMILES string of the molecule is Cn1cnc(CCNC(=O)C2CCCCC2(C)N)n1. The van der Waals surface area contributed by atoms with Crippen molar-refractivity contribution in [3.8, 4) is 0 Å². The normalized spacial score (nSPS) is 27.2. The predicted octanol–water partition coefficient (Wildman–Crippen LogP) is 0.381. The van der Waals surface area contributed by atoms with Crippen molar-refractivity contribution in [3.05, 3.63) is 12.2 Å². The molecule has 0 spiro atoms. The van der Waals surface area contributed by atoms with E-state index >= 15 is 0 Å². The van der Waals surface area contributed by atoms with E-state index < -0.39 is 0 Å². The van der Waals surface area contributed by atoms with Gasteiger partial charge in [0.2, 0.25) is 5.91 Å². The van der Waals surface area contributed by atoms with Crippen molar-refractivity contribution in [1.82, 2.24) is 20.1 Å². The van der Waals surface area contributed by atoms with Gasteiger partial charge in [-0.05, 0) is 19.8 Å². The molecule has 2 rings (SSSR count). The first kappa shape index (κ1) is 14.0. The second-order valence-electron chi connectivity index (χ2n) is 5.68. The molecule has 1 amide bonds. The Hall–Kier alpha value is -1.43. The first-order valence-corrected chi connectivity index (χ1v) is 6.90. The van der Waals surface area contributed by atoms with Gasteiger partial charge in [0.05, 0.1) is 5.92 Å². The third-order valence-electron chi connectivity index (χ3n) is 3.87. The first-order chi connectivity index (χ1) is 8.99. The van der Waals surface area contributed by atoms with Gasteiger partial charge < -0.3 is 11.1 Å². The largest absolute Gasteiger partial charge is 0.355 e. The molecule has 1 aliphatic rings. The molecule has 6 nitrogen and oxygen atoms in total. The average Bonchev–Trinajstić information content (AvgIpc) is 2.74. The summed E-state index contributed by atoms with van der Waals surface area (Å²) in [6.45, 7) is 2.55. The van der Waals surface area contributed by atoms with Crippen molar-refractivity contribution in [2.75, 3.05) is 6.54 Å². The maximum atomic E-state index is 12.2. The Morgan fingerprint density at radius 3 is 3.05 bits per heavy atom. The monoisotopic (exact) mass is 265 g/mol. The molecular weight excluding hydrogens is 242 g/mol. The fourth-order valence-electron chi connectivity index (χ4n) is 2.71. The number of amides is 1. The summed E-state index contributed by atoms with van der Waals surface area (Å²) in [5.74, 6) is 0.750. The molecule has 106 valence electrons. The van der Waals surface area contributed by atoms with E-state index in [0.717, 1.165) is 31.5 Å². The van der Waals surface area contributed by atoms with E-state index in [2.05, 4.69) is 15.4 Å². The topological polar surface area (TPSA) is 85.8 Å². The van der Waals surface area contributed by atoms with Crippen molar-refractivity contribution in [2.24, 2.45) is 18.7 Å². The Morgan fingerprint density at radius 2 is 2.42 bits per heavy atom. The molecule has 0 saturated heterocycles. The van der Waals surface area contributed by atoms with Gasteiger partial charge in [-0.3, -0.25) is 9.48 Å². The van der Waals surface area contributed by atoms with Crippen molar-refractivity contribution in [1.29, 1.82) is 0 Å². The molecule has 19 heavy (non-hydrogen) atoms. The van der Waals surface area contributed by atoms with E-state index in [-0.39, 0.29) is 17.4 Å². The van der Waals surface area contributed by atoms with Gasteiger partial charge in [0.1, 0.15) is 6.33 Å². The minimum Gasteiger partial charge on any atom is -0.355 e. The second kappa shape index (κ2) is 5.69. The van der Waals surface area contributed by atoms with Crippen LogP contribution in [0.1, 0.15) is 38.4 Å². The van der Waals surface area contributed by atoms with Crippen LogP contribution in [0.15, 0.2) is 6.33 Å². The molecule has 0 aliphatic heterocycles. The lowest BCUT2D eigenvalue weighted by molar-refractivity contribution is -0.128. The van der Waals surface area contributed by atoms with E-state index in [1.54, 1.807) is 11.0 Å². The number of hydrogen-bond donors (Lipinski definition) is 2. The van der Waals surface area contributed by atoms with Crippen LogP contribution >= 0.6 is 0 Å². The van der Waals surface area contributed by atoms with Gasteiger partial charge in [-0.1, -0.05) is 12.8 Å². The van der Waals surface area contributed by atoms with Crippen LogP contribution in [-0.4, -0.2) is 32.8 Å². The highest BCUT2D eigenvalue weighted by Gasteiger charge is 2.37. The Kier molecular flexibility index (Phi) is 4.19. The smallest absolute Gasteiger partial charge is 0.224 e. The third-order valence-corrected chi connectivity index (χ3v) is 3.87. The number of nitrogens with one attached hydrogen (secondary N) is 1. The average molecular weight is 265 g/mol. The van der Waals surface area contributed by atoms with Crippen LogP contribution in [0.4, 0.5) is 0 Å². The number of nitrogens with zero attached hydrogens (tertiary/aromatic N) is 3. The number of aryl methyl sites for hydroxylation is 1. The van der Waals surface area contributed by atoms with Gasteiger partial charge in [0.25, 0.3) is 0 Å². The summed E-state index contributed by atoms with van der Waals surface area (Å²) in [6, 6.07) is 0. The number of aromatic nitrogens is 3. The lowest BCUT2D eigenvalue weighted by atomic mass is 9.74. The number of carbonyl (C=O) groups is 1. The summed E-state index contributed by atoms with van der Waals surface area (Å²) >= 11 is 0. The zero-order chi connectivity index (χ0) is 13.9. The van der Waals surface area contributed by atoms with Crippen LogP contribution in [-0.2, 0) is 18.3 Å². The number of hydrogen-bond acceptors (Lipinski definition) is 4. The van der Waals surface area contributed by atoms with Gasteiger partial charge in [-0.2, -0.15) is 5.10 Å². The Bertz CT molecular complexity index is 440. The van der Waals surface area contributed by atoms with Gasteiger partial charge in [-0.15, -0.1) is 0 Å². The lowest BCUT2D eigenvalue weighted by Crippen LogP contribution is -2.53. The summed E-state index contributed by atoms with van der Waals surface area (Å²) in [7, 11) is 1.83. The van der Waals surface area contributed by atoms with Crippen LogP contribution in [0, 0.1) is 5.92 Å². The van der Waals surface area contributed by atoms with E-state index in [0.29, 0.717) is 13.0 Å². The number of carbonyl (C=O) groups excluding carboxylic acids is 1. The van der Waals surface area contributed by atoms with Gasteiger partial charge in [0, 0.05) is 25.6 Å². The maximum Gasteiger partial charge on any atom is 0.224 e. The van der Waals surface area contributed by atoms with Crippen LogP contribution in [0.5, 0.6) is 0 Å². The van der Waals surface area contributed by atoms with Crippen LogP contribution in [0.25, 0.3) is 0 Å². The first-order valence-electron chi connectivity index (χ1n) is 6.90. The molecule has 6 heteroatoms. The molecule has 2 unspecified atom stereocenters. The summed E-state index contributed by atoms with van der Waals surface area (Å²) in [4.78, 5) is 16.3. The maximum absolute atomic E-state index is 12.2. The quantitative estimate of drug-likeness (QED) is 0.824. The fourth-order valence-corrected chi connectivity index (χ4v) is 2.71. The lowest BCUT2D eigenvalue weighted by Gasteiger charge is -2.37. The third kappa shape index (κ3) is 3.53. The predicted molar refractivity (Wildman–Crippen MR) is 72.3 cm³/mol. The Morgan fingerprint density at radius 1 is 1.63 bits per heavy atom. The molecule has 0 aromatic carbocycles. The van der Waals surface area contributed by atoms with Crippen LogP contribution in [0.2, 0.25) is 0 Å². The van der Waals surface area contributed by atoms with E-state index in [4.69, 9.17) is 5.73 Å². The van der Waals surface area contributed by atoms with Crippen LogP contribution in [0.3, 0.4) is 0 Å². The summed E-state index contributed by atoms with van der Waals surface area (Å²) in [5, 5.41) is 7.14. The molecule has 1 heterocycles. The number of nitrogens with two attached hydrogens (primary N) is 1. The highest BCUT2D eigenvalue weighted by molar-refractivity contribution is 5.80. The van der Waals surface area contributed by atoms with Gasteiger partial charge in [0.15, 0.2) is 5.82 Å². The van der Waals surface area contributed by atoms with Crippen molar-refractivity contribution >= 4 is 5.91 Å². The molecule has 1 fully saturated rings. The highest BCUT2D eigenvalue weighted by Crippen LogP contribution is 2.31. The summed E-state index contributed by atoms with van der Waals surface area (Å²) in [6.07, 6.45) is 6.34. The Labute approximate surface area is 113 Å². The van der Waals surface area contributed by atoms with E-state index in [1.165, 1.54) is 0 Å². The van der Waals surface area contributed by atoms with Gasteiger partial charge >= 0.3 is 0 Å². The highest BCUT2D eigenvalue weighted by atomic mass is 16.1. The summed E-state index contributed by atoms with van der Waals surface area (Å²) in [5.41, 5.74) is 5.85. The minimum atomic E-state index is -0.369. The number of rotatable bonds is 4. The molecule has 0 radical (unpaired) electrons. The fraction of sp³-hybridized carbons (Fsp3) is 0.769. The molecule has 1 aliphatic carbocycles. The molecule has 1 aromatic heterocycles. The minimum absolute atomic E-state index is 0.0700. The molecule has 0 bridgehead atoms. The van der Waals surface area contributed by atoms with Crippen molar-refractivity contribution in [2.45, 2.75) is 44.6 Å². The standard InChI is InChI=1S/C13H23N5O/c1-13(14)7-4-3-5-10(13)12(19)15-8-6-11-16-9-18(2)17-11/h9-10H,3-8,14H2,1-2H3,(H,15,19). The molecular formula is C13H23N5O. The zero-order valence-corrected chi connectivity index (χ0v) is 11.7. The Balaban J connectivity index is 1.80. The molecule has 3 N–H and O–H groups in total. The van der Waals surface area contributed by atoms with E-state index in [1.807, 2.05) is 14.0 Å². The van der Waals surface area contributed by atoms with Gasteiger partial charge in [-0.25, -0.2) is 4.98 Å². The molecule has 1 saturated carbocycles. The van der Waals surface area contributed by atoms with Crippen molar-refractivity contribution < 1.29 is 4.79 Å². The second-order valence-corrected chi connectivity index (χ2v) is 5.68.